The number of benzene rings is 1. The van der Waals surface area contributed by atoms with Crippen LogP contribution in [0.25, 0.3) is 0 Å². The Morgan fingerprint density at radius 1 is 0.750 bits per heavy atom. The van der Waals surface area contributed by atoms with Gasteiger partial charge in [0.25, 0.3) is 5.91 Å². The molecule has 1 fully saturated rings. The van der Waals surface area contributed by atoms with Crippen LogP contribution in [0.3, 0.4) is 0 Å². The number of carbonyl (C=O) groups is 5. The van der Waals surface area contributed by atoms with Gasteiger partial charge in [-0.3, -0.25) is 48.4 Å². The number of nitrogens with two attached hydrogens (primary N) is 1. The fraction of sp³-hybridized carbons (Fsp3) is 0.593. The van der Waals surface area contributed by atoms with E-state index in [9.17, 15) is 39.3 Å². The predicted molar refractivity (Wildman–Crippen MR) is 156 cm³/mol. The van der Waals surface area contributed by atoms with E-state index in [1.165, 1.54) is 7.11 Å². The molecule has 0 aromatic heterocycles. The Bertz CT molecular complexity index is 1060. The van der Waals surface area contributed by atoms with Crippen LogP contribution in [-0.2, 0) is 41.8 Å². The van der Waals surface area contributed by atoms with Crippen LogP contribution in [0, 0.1) is 39.9 Å². The third kappa shape index (κ3) is 16.6. The topological polar surface area (TPSA) is 218 Å². The molecule has 0 bridgehead atoms. The average Bonchev–Trinajstić information content (AvgIpc) is 2.93. The van der Waals surface area contributed by atoms with Gasteiger partial charge in [0, 0.05) is 100 Å². The van der Waals surface area contributed by atoms with Crippen LogP contribution in [-0.4, -0.2) is 156 Å². The van der Waals surface area contributed by atoms with Crippen molar-refractivity contribution >= 4 is 29.7 Å². The molecule has 1 aromatic carbocycles. The molecule has 16 nitrogen and oxygen atoms in total. The minimum atomic E-state index is -1.02. The number of nitrogens with one attached hydrogen (secondary N) is 2. The van der Waals surface area contributed by atoms with Crippen molar-refractivity contribution in [3.63, 3.8) is 0 Å². The van der Waals surface area contributed by atoms with Gasteiger partial charge >= 0.3 is 17.9 Å². The number of nitrogens with zero attached hydrogens (tertiary/aromatic N) is 4. The number of rotatable bonds is 14. The third-order valence-electron chi connectivity index (χ3n) is 6.88. The van der Waals surface area contributed by atoms with Gasteiger partial charge in [-0.2, -0.15) is 0 Å². The monoisotopic (exact) mass is 769 g/mol. The number of hydrogen-bond acceptors (Lipinski definition) is 11. The number of hydroxylamine groups is 1. The Labute approximate surface area is 289 Å². The van der Waals surface area contributed by atoms with Gasteiger partial charge in [0.1, 0.15) is 0 Å². The third-order valence-corrected chi connectivity index (χ3v) is 6.88. The van der Waals surface area contributed by atoms with Gasteiger partial charge in [-0.1, -0.05) is 24.3 Å². The smallest absolute Gasteiger partial charge is 0.317 e. The van der Waals surface area contributed by atoms with E-state index in [1.54, 1.807) is 14.7 Å². The summed E-state index contributed by atoms with van der Waals surface area (Å²) in [6, 6.07) is 6.53. The van der Waals surface area contributed by atoms with Crippen LogP contribution in [0.5, 0.6) is 0 Å². The van der Waals surface area contributed by atoms with Gasteiger partial charge in [0.05, 0.1) is 39.3 Å². The van der Waals surface area contributed by atoms with Crippen LogP contribution in [0.4, 0.5) is 0 Å². The molecule has 1 aromatic rings. The summed E-state index contributed by atoms with van der Waals surface area (Å²) in [5.74, 6) is -3.74. The summed E-state index contributed by atoms with van der Waals surface area (Å²) < 4.78 is 0. The first-order valence-corrected chi connectivity index (χ1v) is 13.9. The summed E-state index contributed by atoms with van der Waals surface area (Å²) in [6.45, 7) is 2.14. The first-order valence-electron chi connectivity index (χ1n) is 13.9. The van der Waals surface area contributed by atoms with E-state index < -0.39 is 29.9 Å². The molecular formula is C27H45GdN7O9. The first kappa shape index (κ1) is 39.7. The van der Waals surface area contributed by atoms with Crippen molar-refractivity contribution in [1.29, 1.82) is 0 Å². The Morgan fingerprint density at radius 2 is 1.11 bits per heavy atom. The van der Waals surface area contributed by atoms with Crippen molar-refractivity contribution in [2.45, 2.75) is 19.0 Å². The van der Waals surface area contributed by atoms with E-state index in [-0.39, 0.29) is 80.0 Å². The van der Waals surface area contributed by atoms with Crippen LogP contribution < -0.4 is 16.5 Å². The molecule has 2 rings (SSSR count). The maximum absolute atomic E-state index is 12.9. The zero-order valence-electron chi connectivity index (χ0n) is 24.8. The maximum atomic E-state index is 12.9. The molecule has 1 aliphatic heterocycles. The molecule has 0 spiro atoms. The van der Waals surface area contributed by atoms with Gasteiger partial charge in [0.2, 0.25) is 5.91 Å². The van der Waals surface area contributed by atoms with Gasteiger partial charge in [0.15, 0.2) is 0 Å². The van der Waals surface area contributed by atoms with E-state index in [4.69, 9.17) is 5.73 Å². The number of hydrogen-bond donors (Lipinski definition) is 6. The zero-order chi connectivity index (χ0) is 31.8. The summed E-state index contributed by atoms with van der Waals surface area (Å²) in [5, 5.41) is 30.9. The normalized spacial score (nSPS) is 16.9. The Kier molecular flexibility index (Phi) is 19.3. The molecule has 1 heterocycles. The summed E-state index contributed by atoms with van der Waals surface area (Å²) >= 11 is 0. The summed E-state index contributed by atoms with van der Waals surface area (Å²) in [4.78, 5) is 70.3. The van der Waals surface area contributed by atoms with E-state index in [0.29, 0.717) is 58.8 Å². The van der Waals surface area contributed by atoms with Crippen molar-refractivity contribution in [3.8, 4) is 0 Å². The summed E-state index contributed by atoms with van der Waals surface area (Å²) in [5.41, 5.74) is 9.74. The fourth-order valence-electron chi connectivity index (χ4n) is 4.56. The number of carboxylic acids is 3. The van der Waals surface area contributed by atoms with Gasteiger partial charge in [-0.05, 0) is 17.5 Å². The van der Waals surface area contributed by atoms with Crippen LogP contribution in [0.1, 0.15) is 12.6 Å². The first-order chi connectivity index (χ1) is 20.4. The predicted octanol–water partition coefficient (Wildman–Crippen LogP) is -2.43. The van der Waals surface area contributed by atoms with Gasteiger partial charge in [-0.25, -0.2) is 5.48 Å². The molecule has 7 N–H and O–H groups in total. The van der Waals surface area contributed by atoms with Gasteiger partial charge < -0.3 is 26.4 Å². The molecule has 1 saturated heterocycles. The molecule has 250 valence electrons. The number of aliphatic carboxylic acids is 3. The molecule has 0 radical (unpaired) electrons. The fourth-order valence-corrected chi connectivity index (χ4v) is 4.56. The van der Waals surface area contributed by atoms with E-state index in [1.807, 2.05) is 29.2 Å². The Morgan fingerprint density at radius 3 is 1.48 bits per heavy atom. The standard InChI is InChI=1S/C27H43N7O9.Gd.H2/c1-43-30-27(42)22(28)14-20-2-4-21(5-3-20)15-29-23(35)16-31-6-8-32(17-24(36)37)10-12-34(19-26(40)41)13-11-33(9-7-31)18-25(38)39;;/h2-5,22H,6-19,28H2,1H3,(H,29,35)(H,30,42)(H,36,37)(H,38,39)(H,40,41);;1H/t22-;;/m1../s1. The molecule has 1 atom stereocenters. The molecule has 0 saturated carbocycles. The van der Waals surface area contributed by atoms with Gasteiger partial charge in [-0.15, -0.1) is 0 Å². The van der Waals surface area contributed by atoms with Crippen LogP contribution in [0.15, 0.2) is 24.3 Å². The largest absolute Gasteiger partial charge is 0.480 e. The number of carbonyl (C=O) groups excluding carboxylic acids is 2. The van der Waals surface area contributed by atoms with E-state index in [0.717, 1.165) is 11.1 Å². The number of amides is 2. The minimum Gasteiger partial charge on any atom is -0.480 e. The molecule has 17 heteroatoms. The Hall–Kier alpha value is -2.35. The average molecular weight is 769 g/mol. The van der Waals surface area contributed by atoms with Crippen molar-refractivity contribution < 1.29 is 85.5 Å². The molecule has 0 unspecified atom stereocenters. The summed E-state index contributed by atoms with van der Waals surface area (Å²) in [6.07, 6.45) is 0.312. The van der Waals surface area contributed by atoms with E-state index in [2.05, 4.69) is 15.6 Å². The van der Waals surface area contributed by atoms with Crippen molar-refractivity contribution in [1.82, 2.24) is 30.4 Å². The molecule has 2 amide bonds. The van der Waals surface area contributed by atoms with E-state index >= 15 is 0 Å². The maximum Gasteiger partial charge on any atom is 0.317 e. The van der Waals surface area contributed by atoms with Crippen molar-refractivity contribution in [3.05, 3.63) is 35.4 Å². The second kappa shape index (κ2) is 21.4. The zero-order valence-corrected chi connectivity index (χ0v) is 27.1. The molecular weight excluding hydrogens is 724 g/mol. The minimum absolute atomic E-state index is 0. The molecule has 0 aliphatic carbocycles. The second-order valence-electron chi connectivity index (χ2n) is 10.4. The van der Waals surface area contributed by atoms with Crippen molar-refractivity contribution in [2.75, 3.05) is 85.6 Å². The quantitative estimate of drug-likeness (QED) is 0.109. The number of carboxylic acid groups (broad SMARTS) is 3. The van der Waals surface area contributed by atoms with Crippen LogP contribution >= 0.6 is 0 Å². The Balaban J connectivity index is 0.00000968. The second-order valence-corrected chi connectivity index (χ2v) is 10.4. The van der Waals surface area contributed by atoms with Crippen molar-refractivity contribution in [2.24, 2.45) is 5.73 Å². The van der Waals surface area contributed by atoms with Crippen LogP contribution in [0.2, 0.25) is 0 Å². The molecule has 44 heavy (non-hydrogen) atoms. The SMILES string of the molecule is CONC(=O)[C@H](N)Cc1ccc(CNC(=O)CN2CCN(CC(=O)O)CCN(CC(=O)O)CCN(CC(=O)O)CC2)cc1.[Gd].[HH]. The molecule has 1 aliphatic rings. The summed E-state index contributed by atoms with van der Waals surface area (Å²) in [7, 11) is 1.33.